The standard InChI is InChI=1S/C12H23N3O/c1-5-7-15-9-11(3)14-12(15)13-10(2)6-8-16-4/h9-10H,5-8H2,1-4H3,(H,13,14). The smallest absolute Gasteiger partial charge is 0.203 e. The van der Waals surface area contributed by atoms with E-state index < -0.39 is 0 Å². The molecule has 4 nitrogen and oxygen atoms in total. The van der Waals surface area contributed by atoms with Crippen LogP contribution in [0.5, 0.6) is 0 Å². The predicted molar refractivity (Wildman–Crippen MR) is 66.8 cm³/mol. The largest absolute Gasteiger partial charge is 0.385 e. The quantitative estimate of drug-likeness (QED) is 0.774. The van der Waals surface area contributed by atoms with E-state index in [9.17, 15) is 0 Å². The number of hydrogen-bond acceptors (Lipinski definition) is 3. The summed E-state index contributed by atoms with van der Waals surface area (Å²) in [5.41, 5.74) is 1.06. The maximum atomic E-state index is 5.07. The van der Waals surface area contributed by atoms with E-state index in [1.807, 2.05) is 6.92 Å². The van der Waals surface area contributed by atoms with Crippen LogP contribution in [0.25, 0.3) is 0 Å². The number of rotatable bonds is 7. The molecule has 0 aliphatic rings. The Labute approximate surface area is 98.0 Å². The van der Waals surface area contributed by atoms with E-state index in [-0.39, 0.29) is 0 Å². The molecule has 0 spiro atoms. The van der Waals surface area contributed by atoms with Gasteiger partial charge in [-0.3, -0.25) is 0 Å². The number of aromatic nitrogens is 2. The summed E-state index contributed by atoms with van der Waals surface area (Å²) in [5.74, 6) is 0.975. The fourth-order valence-electron chi connectivity index (χ4n) is 1.66. The van der Waals surface area contributed by atoms with Gasteiger partial charge in [0.2, 0.25) is 5.95 Å². The second-order valence-electron chi connectivity index (χ2n) is 4.23. The van der Waals surface area contributed by atoms with Crippen LogP contribution < -0.4 is 5.32 Å². The van der Waals surface area contributed by atoms with Crippen LogP contribution in [0.1, 0.15) is 32.4 Å². The molecule has 1 aromatic heterocycles. The van der Waals surface area contributed by atoms with Gasteiger partial charge in [0, 0.05) is 32.5 Å². The van der Waals surface area contributed by atoms with Gasteiger partial charge in [0.1, 0.15) is 0 Å². The molecule has 0 amide bonds. The van der Waals surface area contributed by atoms with E-state index in [2.05, 4.69) is 34.9 Å². The first-order valence-corrected chi connectivity index (χ1v) is 5.96. The summed E-state index contributed by atoms with van der Waals surface area (Å²) in [6.45, 7) is 8.14. The molecule has 1 heterocycles. The number of ether oxygens (including phenoxy) is 1. The number of nitrogens with one attached hydrogen (secondary N) is 1. The summed E-state index contributed by atoms with van der Waals surface area (Å²) in [6.07, 6.45) is 4.21. The van der Waals surface area contributed by atoms with E-state index in [1.54, 1.807) is 7.11 Å². The monoisotopic (exact) mass is 225 g/mol. The van der Waals surface area contributed by atoms with Gasteiger partial charge in [-0.25, -0.2) is 4.98 Å². The minimum atomic E-state index is 0.386. The zero-order valence-electron chi connectivity index (χ0n) is 10.8. The van der Waals surface area contributed by atoms with Crippen LogP contribution in [0.4, 0.5) is 5.95 Å². The average molecular weight is 225 g/mol. The zero-order chi connectivity index (χ0) is 12.0. The maximum Gasteiger partial charge on any atom is 0.203 e. The molecule has 0 saturated carbocycles. The Morgan fingerprint density at radius 1 is 1.56 bits per heavy atom. The number of imidazole rings is 1. The summed E-state index contributed by atoms with van der Waals surface area (Å²) in [5, 5.41) is 3.42. The van der Waals surface area contributed by atoms with Gasteiger partial charge in [-0.1, -0.05) is 6.92 Å². The van der Waals surface area contributed by atoms with Gasteiger partial charge >= 0.3 is 0 Å². The molecule has 16 heavy (non-hydrogen) atoms. The molecule has 0 saturated heterocycles. The summed E-state index contributed by atoms with van der Waals surface area (Å²) >= 11 is 0. The van der Waals surface area contributed by atoms with E-state index >= 15 is 0 Å². The Hall–Kier alpha value is -1.03. The second kappa shape index (κ2) is 6.53. The third-order valence-electron chi connectivity index (χ3n) is 2.49. The fourth-order valence-corrected chi connectivity index (χ4v) is 1.66. The highest BCUT2D eigenvalue weighted by Gasteiger charge is 2.08. The molecule has 0 radical (unpaired) electrons. The molecule has 1 unspecified atom stereocenters. The number of hydrogen-bond donors (Lipinski definition) is 1. The van der Waals surface area contributed by atoms with Gasteiger partial charge < -0.3 is 14.6 Å². The minimum Gasteiger partial charge on any atom is -0.385 e. The van der Waals surface area contributed by atoms with Crippen molar-refractivity contribution in [3.8, 4) is 0 Å². The molecule has 1 aromatic rings. The van der Waals surface area contributed by atoms with Crippen molar-refractivity contribution in [2.75, 3.05) is 19.0 Å². The van der Waals surface area contributed by atoms with E-state index in [4.69, 9.17) is 4.74 Å². The van der Waals surface area contributed by atoms with E-state index in [1.165, 1.54) is 0 Å². The SMILES string of the molecule is CCCn1cc(C)nc1NC(C)CCOC. The third kappa shape index (κ3) is 3.85. The summed E-state index contributed by atoms with van der Waals surface area (Å²) in [6, 6.07) is 0.386. The highest BCUT2D eigenvalue weighted by Crippen LogP contribution is 2.11. The van der Waals surface area contributed by atoms with Crippen LogP contribution in [0.2, 0.25) is 0 Å². The van der Waals surface area contributed by atoms with Crippen molar-refractivity contribution in [1.82, 2.24) is 9.55 Å². The van der Waals surface area contributed by atoms with E-state index in [0.29, 0.717) is 6.04 Å². The number of anilines is 1. The van der Waals surface area contributed by atoms with Crippen molar-refractivity contribution in [3.05, 3.63) is 11.9 Å². The summed E-state index contributed by atoms with van der Waals surface area (Å²) in [4.78, 5) is 4.49. The number of nitrogens with zero attached hydrogens (tertiary/aromatic N) is 2. The van der Waals surface area contributed by atoms with Gasteiger partial charge in [-0.05, 0) is 26.7 Å². The van der Waals surface area contributed by atoms with Crippen LogP contribution in [-0.4, -0.2) is 29.3 Å². The fraction of sp³-hybridized carbons (Fsp3) is 0.750. The lowest BCUT2D eigenvalue weighted by Crippen LogP contribution is -2.20. The maximum absolute atomic E-state index is 5.07. The topological polar surface area (TPSA) is 39.1 Å². The number of aryl methyl sites for hydroxylation is 2. The lowest BCUT2D eigenvalue weighted by Gasteiger charge is -2.15. The second-order valence-corrected chi connectivity index (χ2v) is 4.23. The van der Waals surface area contributed by atoms with Crippen molar-refractivity contribution in [1.29, 1.82) is 0 Å². The van der Waals surface area contributed by atoms with Crippen LogP contribution in [-0.2, 0) is 11.3 Å². The summed E-state index contributed by atoms with van der Waals surface area (Å²) < 4.78 is 7.25. The average Bonchev–Trinajstić information content (AvgIpc) is 2.56. The molecule has 1 N–H and O–H groups in total. The highest BCUT2D eigenvalue weighted by atomic mass is 16.5. The van der Waals surface area contributed by atoms with E-state index in [0.717, 1.165) is 37.6 Å². The summed E-state index contributed by atoms with van der Waals surface area (Å²) in [7, 11) is 1.73. The minimum absolute atomic E-state index is 0.386. The van der Waals surface area contributed by atoms with Crippen LogP contribution >= 0.6 is 0 Å². The van der Waals surface area contributed by atoms with Crippen LogP contribution in [0.3, 0.4) is 0 Å². The first-order valence-electron chi connectivity index (χ1n) is 5.96. The normalized spacial score (nSPS) is 12.8. The van der Waals surface area contributed by atoms with Crippen LogP contribution in [0.15, 0.2) is 6.20 Å². The lowest BCUT2D eigenvalue weighted by molar-refractivity contribution is 0.191. The molecule has 0 bridgehead atoms. The van der Waals surface area contributed by atoms with Gasteiger partial charge in [0.05, 0.1) is 5.69 Å². The Morgan fingerprint density at radius 2 is 2.31 bits per heavy atom. The Bertz CT molecular complexity index is 309. The lowest BCUT2D eigenvalue weighted by atomic mass is 10.2. The molecule has 92 valence electrons. The first kappa shape index (κ1) is 13.0. The number of methoxy groups -OCH3 is 1. The molecule has 1 atom stereocenters. The van der Waals surface area contributed by atoms with Crippen molar-refractivity contribution < 1.29 is 4.74 Å². The van der Waals surface area contributed by atoms with Gasteiger partial charge in [0.15, 0.2) is 0 Å². The molecule has 1 rings (SSSR count). The molecular formula is C12H23N3O. The Morgan fingerprint density at radius 3 is 2.94 bits per heavy atom. The molecule has 0 aliphatic heterocycles. The first-order chi connectivity index (χ1) is 7.67. The predicted octanol–water partition coefficient (Wildman–Crippen LogP) is 2.44. The van der Waals surface area contributed by atoms with Crippen molar-refractivity contribution in [3.63, 3.8) is 0 Å². The van der Waals surface area contributed by atoms with Crippen LogP contribution in [0, 0.1) is 6.92 Å². The molecule has 4 heteroatoms. The van der Waals surface area contributed by atoms with Crippen molar-refractivity contribution in [2.45, 2.75) is 46.2 Å². The van der Waals surface area contributed by atoms with Gasteiger partial charge in [0.25, 0.3) is 0 Å². The Balaban J connectivity index is 2.57. The highest BCUT2D eigenvalue weighted by molar-refractivity contribution is 5.29. The molecular weight excluding hydrogens is 202 g/mol. The molecule has 0 fully saturated rings. The zero-order valence-corrected chi connectivity index (χ0v) is 10.8. The van der Waals surface area contributed by atoms with Gasteiger partial charge in [-0.15, -0.1) is 0 Å². The molecule has 0 aliphatic carbocycles. The van der Waals surface area contributed by atoms with Crippen molar-refractivity contribution >= 4 is 5.95 Å². The Kier molecular flexibility index (Phi) is 5.32. The van der Waals surface area contributed by atoms with Gasteiger partial charge in [-0.2, -0.15) is 0 Å². The third-order valence-corrected chi connectivity index (χ3v) is 2.49. The molecule has 0 aromatic carbocycles. The van der Waals surface area contributed by atoms with Crippen molar-refractivity contribution in [2.24, 2.45) is 0 Å².